The van der Waals surface area contributed by atoms with E-state index in [1.54, 1.807) is 18.3 Å². The number of hydrogen-bond acceptors (Lipinski definition) is 4. The number of pyridine rings is 1. The molecule has 1 aromatic heterocycles. The number of fused-ring (bicyclic) bond motifs is 1. The van der Waals surface area contributed by atoms with Gasteiger partial charge in [-0.1, -0.05) is 19.3 Å². The third kappa shape index (κ3) is 2.43. The molecule has 3 rings (SSSR count). The number of aromatic nitrogens is 1. The van der Waals surface area contributed by atoms with Crippen molar-refractivity contribution >= 4 is 22.3 Å². The van der Waals surface area contributed by atoms with Gasteiger partial charge in [0.1, 0.15) is 5.52 Å². The summed E-state index contributed by atoms with van der Waals surface area (Å²) in [5.74, 6) is 0. The van der Waals surface area contributed by atoms with E-state index in [9.17, 15) is 10.1 Å². The van der Waals surface area contributed by atoms with Gasteiger partial charge in [-0.2, -0.15) is 0 Å². The van der Waals surface area contributed by atoms with Gasteiger partial charge in [0.25, 0.3) is 5.69 Å². The summed E-state index contributed by atoms with van der Waals surface area (Å²) >= 11 is 0. The first-order valence-corrected chi connectivity index (χ1v) is 7.04. The van der Waals surface area contributed by atoms with Crippen molar-refractivity contribution in [3.63, 3.8) is 0 Å². The van der Waals surface area contributed by atoms with Crippen molar-refractivity contribution in [2.75, 3.05) is 5.32 Å². The maximum Gasteiger partial charge on any atom is 0.295 e. The van der Waals surface area contributed by atoms with E-state index in [2.05, 4.69) is 10.3 Å². The molecule has 5 heteroatoms. The van der Waals surface area contributed by atoms with Crippen LogP contribution in [0.2, 0.25) is 0 Å². The van der Waals surface area contributed by atoms with Crippen molar-refractivity contribution in [2.45, 2.75) is 38.1 Å². The molecule has 0 radical (unpaired) electrons. The van der Waals surface area contributed by atoms with Crippen LogP contribution in [0.5, 0.6) is 0 Å². The van der Waals surface area contributed by atoms with Crippen molar-refractivity contribution in [1.82, 2.24) is 4.98 Å². The average molecular weight is 271 g/mol. The van der Waals surface area contributed by atoms with Gasteiger partial charge in [-0.15, -0.1) is 0 Å². The third-order valence-corrected chi connectivity index (χ3v) is 3.91. The SMILES string of the molecule is O=[N+]([O-])c1ccc(NC2CCCCC2)c2cccnc12. The normalized spacial score (nSPS) is 16.2. The number of nitrogens with zero attached hydrogens (tertiary/aromatic N) is 2. The monoisotopic (exact) mass is 271 g/mol. The topological polar surface area (TPSA) is 68.1 Å². The highest BCUT2D eigenvalue weighted by molar-refractivity contribution is 5.96. The maximum absolute atomic E-state index is 11.1. The summed E-state index contributed by atoms with van der Waals surface area (Å²) in [5, 5.41) is 15.4. The molecule has 1 saturated carbocycles. The van der Waals surface area contributed by atoms with E-state index < -0.39 is 0 Å². The van der Waals surface area contributed by atoms with Crippen LogP contribution in [0, 0.1) is 10.1 Å². The first-order chi connectivity index (χ1) is 9.75. The van der Waals surface area contributed by atoms with Crippen molar-refractivity contribution in [3.8, 4) is 0 Å². The molecular weight excluding hydrogens is 254 g/mol. The van der Waals surface area contributed by atoms with E-state index in [-0.39, 0.29) is 10.6 Å². The van der Waals surface area contributed by atoms with Crippen LogP contribution >= 0.6 is 0 Å². The summed E-state index contributed by atoms with van der Waals surface area (Å²) in [4.78, 5) is 14.9. The predicted molar refractivity (Wildman–Crippen MR) is 78.9 cm³/mol. The van der Waals surface area contributed by atoms with Crippen LogP contribution in [0.4, 0.5) is 11.4 Å². The second kappa shape index (κ2) is 5.45. The molecule has 0 atom stereocenters. The zero-order chi connectivity index (χ0) is 13.9. The molecule has 0 spiro atoms. The Labute approximate surface area is 117 Å². The fraction of sp³-hybridized carbons (Fsp3) is 0.400. The van der Waals surface area contributed by atoms with Crippen molar-refractivity contribution < 1.29 is 4.92 Å². The number of anilines is 1. The van der Waals surface area contributed by atoms with E-state index in [1.165, 1.54) is 32.1 Å². The van der Waals surface area contributed by atoms with Crippen molar-refractivity contribution in [3.05, 3.63) is 40.6 Å². The second-order valence-corrected chi connectivity index (χ2v) is 5.27. The maximum atomic E-state index is 11.1. The molecule has 1 fully saturated rings. The Morgan fingerprint density at radius 1 is 1.20 bits per heavy atom. The summed E-state index contributed by atoms with van der Waals surface area (Å²) < 4.78 is 0. The Balaban J connectivity index is 1.99. The highest BCUT2D eigenvalue weighted by Crippen LogP contribution is 2.31. The third-order valence-electron chi connectivity index (χ3n) is 3.91. The van der Waals surface area contributed by atoms with Crippen LogP contribution in [-0.2, 0) is 0 Å². The highest BCUT2D eigenvalue weighted by Gasteiger charge is 2.18. The summed E-state index contributed by atoms with van der Waals surface area (Å²) in [6.45, 7) is 0. The minimum Gasteiger partial charge on any atom is -0.382 e. The van der Waals surface area contributed by atoms with Crippen LogP contribution < -0.4 is 5.32 Å². The van der Waals surface area contributed by atoms with E-state index in [0.29, 0.717) is 11.6 Å². The Kier molecular flexibility index (Phi) is 3.50. The Morgan fingerprint density at radius 2 is 2.00 bits per heavy atom. The van der Waals surface area contributed by atoms with Gasteiger partial charge < -0.3 is 5.32 Å². The summed E-state index contributed by atoms with van der Waals surface area (Å²) in [6.07, 6.45) is 7.74. The lowest BCUT2D eigenvalue weighted by atomic mass is 9.95. The predicted octanol–water partition coefficient (Wildman–Crippen LogP) is 3.89. The average Bonchev–Trinajstić information content (AvgIpc) is 2.48. The number of non-ortho nitro benzene ring substituents is 1. The molecule has 0 bridgehead atoms. The van der Waals surface area contributed by atoms with Gasteiger partial charge in [-0.3, -0.25) is 10.1 Å². The molecule has 1 aliphatic rings. The van der Waals surface area contributed by atoms with E-state index in [1.807, 2.05) is 12.1 Å². The van der Waals surface area contributed by atoms with Gasteiger partial charge in [0.2, 0.25) is 0 Å². The number of hydrogen-bond donors (Lipinski definition) is 1. The molecule has 5 nitrogen and oxygen atoms in total. The molecule has 1 aromatic carbocycles. The lowest BCUT2D eigenvalue weighted by molar-refractivity contribution is -0.383. The molecule has 1 heterocycles. The largest absolute Gasteiger partial charge is 0.382 e. The number of nitro groups is 1. The van der Waals surface area contributed by atoms with Gasteiger partial charge in [-0.25, -0.2) is 4.98 Å². The van der Waals surface area contributed by atoms with Gasteiger partial charge >= 0.3 is 0 Å². The minimum atomic E-state index is -0.375. The van der Waals surface area contributed by atoms with Crippen LogP contribution in [0.25, 0.3) is 10.9 Å². The Bertz CT molecular complexity index is 636. The van der Waals surface area contributed by atoms with Gasteiger partial charge in [0.15, 0.2) is 0 Å². The van der Waals surface area contributed by atoms with Gasteiger partial charge in [0.05, 0.1) is 4.92 Å². The molecule has 2 aromatic rings. The van der Waals surface area contributed by atoms with E-state index in [4.69, 9.17) is 0 Å². The van der Waals surface area contributed by atoms with Crippen molar-refractivity contribution in [1.29, 1.82) is 0 Å². The second-order valence-electron chi connectivity index (χ2n) is 5.27. The van der Waals surface area contributed by atoms with E-state index >= 15 is 0 Å². The first kappa shape index (κ1) is 12.8. The lowest BCUT2D eigenvalue weighted by Crippen LogP contribution is -2.22. The molecule has 20 heavy (non-hydrogen) atoms. The Morgan fingerprint density at radius 3 is 2.75 bits per heavy atom. The van der Waals surface area contributed by atoms with Crippen LogP contribution in [0.3, 0.4) is 0 Å². The first-order valence-electron chi connectivity index (χ1n) is 7.04. The number of rotatable bonds is 3. The zero-order valence-corrected chi connectivity index (χ0v) is 11.2. The molecule has 104 valence electrons. The highest BCUT2D eigenvalue weighted by atomic mass is 16.6. The number of nitrogens with one attached hydrogen (secondary N) is 1. The smallest absolute Gasteiger partial charge is 0.295 e. The molecule has 1 N–H and O–H groups in total. The minimum absolute atomic E-state index is 0.0646. The lowest BCUT2D eigenvalue weighted by Gasteiger charge is -2.24. The van der Waals surface area contributed by atoms with Gasteiger partial charge in [-0.05, 0) is 31.0 Å². The molecule has 1 aliphatic carbocycles. The zero-order valence-electron chi connectivity index (χ0n) is 11.2. The Hall–Kier alpha value is -2.17. The molecule has 0 aliphatic heterocycles. The van der Waals surface area contributed by atoms with Crippen LogP contribution in [0.15, 0.2) is 30.5 Å². The molecule has 0 unspecified atom stereocenters. The molecular formula is C15H17N3O2. The molecule has 0 amide bonds. The quantitative estimate of drug-likeness (QED) is 0.679. The van der Waals surface area contributed by atoms with Gasteiger partial charge in [0, 0.05) is 29.4 Å². The van der Waals surface area contributed by atoms with E-state index in [0.717, 1.165) is 11.1 Å². The summed E-state index contributed by atoms with van der Waals surface area (Å²) in [6, 6.07) is 7.52. The number of nitro benzene ring substituents is 1. The van der Waals surface area contributed by atoms with Crippen molar-refractivity contribution in [2.24, 2.45) is 0 Å². The summed E-state index contributed by atoms with van der Waals surface area (Å²) in [7, 11) is 0. The van der Waals surface area contributed by atoms with Crippen LogP contribution in [-0.4, -0.2) is 15.9 Å². The van der Waals surface area contributed by atoms with Crippen LogP contribution in [0.1, 0.15) is 32.1 Å². The summed E-state index contributed by atoms with van der Waals surface area (Å²) in [5.41, 5.74) is 1.47. The molecule has 0 saturated heterocycles. The number of benzene rings is 1. The fourth-order valence-electron chi connectivity index (χ4n) is 2.90. The fourth-order valence-corrected chi connectivity index (χ4v) is 2.90. The standard InChI is InChI=1S/C15H17N3O2/c19-18(20)14-9-8-13(12-7-4-10-16-15(12)14)17-11-5-2-1-3-6-11/h4,7-11,17H,1-3,5-6H2.